The third-order valence-corrected chi connectivity index (χ3v) is 4.56. The molecule has 0 spiro atoms. The van der Waals surface area contributed by atoms with Crippen LogP contribution in [0, 0.1) is 18.3 Å². The number of carbonyl (C=O) groups excluding carboxylic acids is 1. The van der Waals surface area contributed by atoms with E-state index in [0.717, 1.165) is 11.1 Å². The summed E-state index contributed by atoms with van der Waals surface area (Å²) in [6.07, 6.45) is 0. The summed E-state index contributed by atoms with van der Waals surface area (Å²) in [4.78, 5) is 14.6. The van der Waals surface area contributed by atoms with Crippen LogP contribution >= 0.6 is 0 Å². The zero-order valence-electron chi connectivity index (χ0n) is 14.7. The minimum atomic E-state index is -0.754. The maximum Gasteiger partial charge on any atom is 0.260 e. The molecule has 0 aliphatic carbocycles. The SMILES string of the molecule is COc1cc(C)c2c(c1C(C)C)C(C#N)N(c1cccc(O)c1)C2=O. The second kappa shape index (κ2) is 6.14. The number of amides is 1. The minimum absolute atomic E-state index is 0.0522. The Labute approximate surface area is 147 Å². The number of anilines is 1. The Morgan fingerprint density at radius 3 is 2.60 bits per heavy atom. The van der Waals surface area contributed by atoms with Crippen molar-refractivity contribution in [2.24, 2.45) is 0 Å². The van der Waals surface area contributed by atoms with Gasteiger partial charge in [0.25, 0.3) is 5.91 Å². The van der Waals surface area contributed by atoms with Crippen molar-refractivity contribution in [2.75, 3.05) is 12.0 Å². The summed E-state index contributed by atoms with van der Waals surface area (Å²) in [7, 11) is 1.60. The Bertz CT molecular complexity index is 897. The number of nitriles is 1. The van der Waals surface area contributed by atoms with Gasteiger partial charge in [0.1, 0.15) is 11.5 Å². The lowest BCUT2D eigenvalue weighted by Crippen LogP contribution is -2.27. The highest BCUT2D eigenvalue weighted by Crippen LogP contribution is 2.46. The molecule has 0 aromatic heterocycles. The van der Waals surface area contributed by atoms with Crippen LogP contribution in [0.5, 0.6) is 11.5 Å². The molecule has 0 saturated heterocycles. The first-order chi connectivity index (χ1) is 11.9. The van der Waals surface area contributed by atoms with E-state index in [1.807, 2.05) is 26.8 Å². The number of benzene rings is 2. The third-order valence-electron chi connectivity index (χ3n) is 4.56. The molecule has 0 fully saturated rings. The fraction of sp³-hybridized carbons (Fsp3) is 0.300. The van der Waals surface area contributed by atoms with E-state index in [9.17, 15) is 15.2 Å². The Kier molecular flexibility index (Phi) is 4.13. The molecule has 1 atom stereocenters. The molecule has 2 aromatic rings. The average molecular weight is 336 g/mol. The van der Waals surface area contributed by atoms with Crippen molar-refractivity contribution < 1.29 is 14.6 Å². The summed E-state index contributed by atoms with van der Waals surface area (Å²) in [6, 6.07) is 9.77. The van der Waals surface area contributed by atoms with Crippen LogP contribution in [0.2, 0.25) is 0 Å². The van der Waals surface area contributed by atoms with Gasteiger partial charge in [-0.15, -0.1) is 0 Å². The van der Waals surface area contributed by atoms with Crippen LogP contribution in [-0.2, 0) is 0 Å². The van der Waals surface area contributed by atoms with E-state index in [1.54, 1.807) is 19.2 Å². The summed E-state index contributed by atoms with van der Waals surface area (Å²) in [6.45, 7) is 5.89. The van der Waals surface area contributed by atoms with Crippen LogP contribution in [0.25, 0.3) is 0 Å². The molecule has 25 heavy (non-hydrogen) atoms. The van der Waals surface area contributed by atoms with E-state index in [1.165, 1.54) is 17.0 Å². The second-order valence-corrected chi connectivity index (χ2v) is 6.48. The topological polar surface area (TPSA) is 73.6 Å². The molecule has 1 aliphatic rings. The summed E-state index contributed by atoms with van der Waals surface area (Å²) < 4.78 is 5.52. The fourth-order valence-electron chi connectivity index (χ4n) is 3.56. The molecule has 1 aliphatic heterocycles. The summed E-state index contributed by atoms with van der Waals surface area (Å²) >= 11 is 0. The first-order valence-corrected chi connectivity index (χ1v) is 8.14. The van der Waals surface area contributed by atoms with Gasteiger partial charge in [-0.3, -0.25) is 9.69 Å². The van der Waals surface area contributed by atoms with Crippen LogP contribution in [0.3, 0.4) is 0 Å². The number of nitrogens with zero attached hydrogens (tertiary/aromatic N) is 2. The van der Waals surface area contributed by atoms with Gasteiger partial charge in [0.05, 0.1) is 13.2 Å². The van der Waals surface area contributed by atoms with Crippen LogP contribution in [0.1, 0.15) is 52.9 Å². The lowest BCUT2D eigenvalue weighted by Gasteiger charge is -2.22. The van der Waals surface area contributed by atoms with Crippen molar-refractivity contribution in [1.82, 2.24) is 0 Å². The highest BCUT2D eigenvalue weighted by molar-refractivity contribution is 6.13. The van der Waals surface area contributed by atoms with Crippen molar-refractivity contribution in [3.8, 4) is 17.6 Å². The Morgan fingerprint density at radius 1 is 1.32 bits per heavy atom. The summed E-state index contributed by atoms with van der Waals surface area (Å²) in [5, 5.41) is 19.6. The monoisotopic (exact) mass is 336 g/mol. The molecule has 0 bridgehead atoms. The van der Waals surface area contributed by atoms with Gasteiger partial charge < -0.3 is 9.84 Å². The molecular weight excluding hydrogens is 316 g/mol. The molecule has 1 unspecified atom stereocenters. The highest BCUT2D eigenvalue weighted by atomic mass is 16.5. The van der Waals surface area contributed by atoms with Gasteiger partial charge in [-0.05, 0) is 36.6 Å². The van der Waals surface area contributed by atoms with Crippen molar-refractivity contribution in [1.29, 1.82) is 5.26 Å². The quantitative estimate of drug-likeness (QED) is 0.917. The van der Waals surface area contributed by atoms with Crippen LogP contribution < -0.4 is 9.64 Å². The maximum atomic E-state index is 13.1. The molecule has 1 N–H and O–H groups in total. The zero-order valence-corrected chi connectivity index (χ0v) is 14.7. The van der Waals surface area contributed by atoms with Crippen molar-refractivity contribution >= 4 is 11.6 Å². The molecule has 1 heterocycles. The average Bonchev–Trinajstić information content (AvgIpc) is 2.87. The third kappa shape index (κ3) is 2.51. The molecule has 1 amide bonds. The maximum absolute atomic E-state index is 13.1. The number of carbonyl (C=O) groups is 1. The van der Waals surface area contributed by atoms with E-state index >= 15 is 0 Å². The molecule has 0 radical (unpaired) electrons. The van der Waals surface area contributed by atoms with E-state index in [2.05, 4.69) is 6.07 Å². The number of aryl methyl sites for hydroxylation is 1. The number of phenolic OH excluding ortho intramolecular Hbond substituents is 1. The molecular formula is C20H20N2O3. The largest absolute Gasteiger partial charge is 0.508 e. The van der Waals surface area contributed by atoms with Crippen molar-refractivity contribution in [2.45, 2.75) is 32.7 Å². The van der Waals surface area contributed by atoms with Gasteiger partial charge >= 0.3 is 0 Å². The van der Waals surface area contributed by atoms with E-state index in [-0.39, 0.29) is 17.6 Å². The number of aromatic hydroxyl groups is 1. The summed E-state index contributed by atoms with van der Waals surface area (Å²) in [5.41, 5.74) is 3.43. The smallest absolute Gasteiger partial charge is 0.260 e. The standard InChI is InChI=1S/C20H20N2O3/c1-11(2)17-16(25-4)8-12(3)18-19(17)15(10-21)22(20(18)24)13-6-5-7-14(23)9-13/h5-9,11,15,23H,1-4H3. The lowest BCUT2D eigenvalue weighted by molar-refractivity contribution is 0.0994. The molecule has 5 nitrogen and oxygen atoms in total. The molecule has 3 rings (SSSR count). The predicted octanol–water partition coefficient (Wildman–Crippen LogP) is 4.06. The Hall–Kier alpha value is -3.00. The van der Waals surface area contributed by atoms with E-state index < -0.39 is 6.04 Å². The van der Waals surface area contributed by atoms with Gasteiger partial charge in [0.2, 0.25) is 0 Å². The van der Waals surface area contributed by atoms with Crippen molar-refractivity contribution in [3.05, 3.63) is 52.6 Å². The number of fused-ring (bicyclic) bond motifs is 1. The normalized spacial score (nSPS) is 16.1. The minimum Gasteiger partial charge on any atom is -0.508 e. The molecule has 128 valence electrons. The van der Waals surface area contributed by atoms with Crippen LogP contribution in [0.15, 0.2) is 30.3 Å². The van der Waals surface area contributed by atoms with E-state index in [4.69, 9.17) is 4.74 Å². The fourth-order valence-corrected chi connectivity index (χ4v) is 3.56. The number of rotatable bonds is 3. The van der Waals surface area contributed by atoms with Gasteiger partial charge in [0.15, 0.2) is 6.04 Å². The second-order valence-electron chi connectivity index (χ2n) is 6.48. The van der Waals surface area contributed by atoms with Crippen LogP contribution in [0.4, 0.5) is 5.69 Å². The Balaban J connectivity index is 2.30. The lowest BCUT2D eigenvalue weighted by atomic mass is 9.88. The number of ether oxygens (including phenoxy) is 1. The number of hydrogen-bond acceptors (Lipinski definition) is 4. The number of methoxy groups -OCH3 is 1. The summed E-state index contributed by atoms with van der Waals surface area (Å²) in [5.74, 6) is 0.611. The van der Waals surface area contributed by atoms with Gasteiger partial charge in [0, 0.05) is 28.4 Å². The Morgan fingerprint density at radius 2 is 2.04 bits per heavy atom. The predicted molar refractivity (Wildman–Crippen MR) is 95.1 cm³/mol. The highest BCUT2D eigenvalue weighted by Gasteiger charge is 2.42. The van der Waals surface area contributed by atoms with Crippen molar-refractivity contribution in [3.63, 3.8) is 0 Å². The van der Waals surface area contributed by atoms with Gasteiger partial charge in [-0.2, -0.15) is 5.26 Å². The first-order valence-electron chi connectivity index (χ1n) is 8.14. The first kappa shape index (κ1) is 16.8. The number of phenols is 1. The van der Waals surface area contributed by atoms with Crippen LogP contribution in [-0.4, -0.2) is 18.1 Å². The number of hydrogen-bond donors (Lipinski definition) is 1. The van der Waals surface area contributed by atoms with Gasteiger partial charge in [-0.25, -0.2) is 0 Å². The van der Waals surface area contributed by atoms with E-state index in [0.29, 0.717) is 22.6 Å². The zero-order chi connectivity index (χ0) is 18.3. The molecule has 0 saturated carbocycles. The van der Waals surface area contributed by atoms with Gasteiger partial charge in [-0.1, -0.05) is 19.9 Å². The molecule has 2 aromatic carbocycles. The molecule has 5 heteroatoms.